The normalized spacial score (nSPS) is 12.3. The molecule has 1 N–H and O–H groups in total. The summed E-state index contributed by atoms with van der Waals surface area (Å²) in [6.45, 7) is 5.36. The first kappa shape index (κ1) is 44.1. The maximum atomic E-state index is 12.1. The smallest absolute Gasteiger partial charge is 0.306 e. The van der Waals surface area contributed by atoms with Gasteiger partial charge in [0.05, 0.1) is 13.2 Å². The van der Waals surface area contributed by atoms with Gasteiger partial charge in [-0.3, -0.25) is 4.79 Å². The van der Waals surface area contributed by atoms with E-state index in [1.54, 1.807) is 0 Å². The van der Waals surface area contributed by atoms with Crippen LogP contribution in [0.5, 0.6) is 0 Å². The zero-order valence-electron chi connectivity index (χ0n) is 30.7. The molecule has 1 atom stereocenters. The van der Waals surface area contributed by atoms with E-state index in [-0.39, 0.29) is 12.6 Å². The zero-order valence-corrected chi connectivity index (χ0v) is 30.7. The van der Waals surface area contributed by atoms with E-state index in [2.05, 4.69) is 26.0 Å². The van der Waals surface area contributed by atoms with Gasteiger partial charge < -0.3 is 14.6 Å². The van der Waals surface area contributed by atoms with Crippen molar-refractivity contribution in [2.75, 3.05) is 19.8 Å². The van der Waals surface area contributed by atoms with Gasteiger partial charge in [0, 0.05) is 13.0 Å². The third kappa shape index (κ3) is 37.5. The van der Waals surface area contributed by atoms with Crippen LogP contribution >= 0.6 is 0 Å². The fourth-order valence-corrected chi connectivity index (χ4v) is 6.03. The lowest BCUT2D eigenvalue weighted by Crippen LogP contribution is -2.27. The molecule has 0 aromatic rings. The molecule has 0 heterocycles. The largest absolute Gasteiger partial charge is 0.457 e. The van der Waals surface area contributed by atoms with E-state index < -0.39 is 6.10 Å². The summed E-state index contributed by atoms with van der Waals surface area (Å²) >= 11 is 0. The molecule has 0 fully saturated rings. The number of esters is 1. The predicted octanol–water partition coefficient (Wildman–Crippen LogP) is 13.0. The number of carbonyl (C=O) groups is 1. The molecule has 0 rings (SSSR count). The van der Waals surface area contributed by atoms with Crippen molar-refractivity contribution in [1.29, 1.82) is 0 Å². The summed E-state index contributed by atoms with van der Waals surface area (Å²) in [5.41, 5.74) is 0. The number of hydrogen-bond donors (Lipinski definition) is 1. The summed E-state index contributed by atoms with van der Waals surface area (Å²) in [6.07, 6.45) is 45.5. The Morgan fingerprint density at radius 1 is 0.511 bits per heavy atom. The number of aliphatic hydroxyl groups is 1. The molecule has 0 bridgehead atoms. The van der Waals surface area contributed by atoms with Crippen LogP contribution in [0.25, 0.3) is 0 Å². The molecule has 0 saturated carbocycles. The molecule has 0 aromatic carbocycles. The molecule has 4 nitrogen and oxygen atoms in total. The Morgan fingerprint density at radius 2 is 0.867 bits per heavy atom. The number of allylic oxidation sites excluding steroid dienone is 2. The number of hydrogen-bond acceptors (Lipinski definition) is 4. The van der Waals surface area contributed by atoms with Gasteiger partial charge in [0.15, 0.2) is 0 Å². The van der Waals surface area contributed by atoms with Crippen LogP contribution in [0.1, 0.15) is 219 Å². The Labute approximate surface area is 282 Å². The predicted molar refractivity (Wildman–Crippen MR) is 196 cm³/mol. The van der Waals surface area contributed by atoms with Crippen LogP contribution in [0.2, 0.25) is 0 Å². The highest BCUT2D eigenvalue weighted by Gasteiger charge is 2.13. The van der Waals surface area contributed by atoms with E-state index in [0.717, 1.165) is 19.3 Å². The molecule has 0 aromatic heterocycles. The van der Waals surface area contributed by atoms with E-state index in [4.69, 9.17) is 9.47 Å². The van der Waals surface area contributed by atoms with Crippen molar-refractivity contribution in [3.63, 3.8) is 0 Å². The second-order valence-corrected chi connectivity index (χ2v) is 13.7. The number of ether oxygens (including phenoxy) is 2. The van der Waals surface area contributed by atoms with Crippen molar-refractivity contribution in [2.24, 2.45) is 0 Å². The van der Waals surface area contributed by atoms with Crippen LogP contribution in [0, 0.1) is 0 Å². The topological polar surface area (TPSA) is 55.8 Å². The molecule has 0 radical (unpaired) electrons. The highest BCUT2D eigenvalue weighted by Crippen LogP contribution is 2.14. The minimum absolute atomic E-state index is 0.167. The average Bonchev–Trinajstić information content (AvgIpc) is 3.05. The average molecular weight is 637 g/mol. The van der Waals surface area contributed by atoms with Crippen LogP contribution < -0.4 is 0 Å². The summed E-state index contributed by atoms with van der Waals surface area (Å²) in [7, 11) is 0. The van der Waals surface area contributed by atoms with Crippen molar-refractivity contribution >= 4 is 5.97 Å². The molecule has 4 heteroatoms. The number of carbonyl (C=O) groups excluding carboxylic acids is 1. The fraction of sp³-hybridized carbons (Fsp3) is 0.927. The minimum Gasteiger partial charge on any atom is -0.457 e. The van der Waals surface area contributed by atoms with Crippen LogP contribution in [0.15, 0.2) is 12.2 Å². The Balaban J connectivity index is 3.36. The van der Waals surface area contributed by atoms with Gasteiger partial charge in [0.2, 0.25) is 0 Å². The monoisotopic (exact) mass is 637 g/mol. The summed E-state index contributed by atoms with van der Waals surface area (Å²) in [4.78, 5) is 12.1. The molecule has 45 heavy (non-hydrogen) atoms. The van der Waals surface area contributed by atoms with Gasteiger partial charge in [-0.15, -0.1) is 0 Å². The van der Waals surface area contributed by atoms with E-state index in [1.807, 2.05) is 0 Å². The van der Waals surface area contributed by atoms with Gasteiger partial charge in [-0.1, -0.05) is 187 Å². The SMILES string of the molecule is CCCCCCCCCC/C=C\CCCCCCCCCCCCOCC(CO)OC(=O)CCCCCCCCCCCCC. The van der Waals surface area contributed by atoms with Crippen LogP contribution in [0.3, 0.4) is 0 Å². The summed E-state index contributed by atoms with van der Waals surface area (Å²) in [6, 6.07) is 0. The second-order valence-electron chi connectivity index (χ2n) is 13.7. The highest BCUT2D eigenvalue weighted by molar-refractivity contribution is 5.69. The summed E-state index contributed by atoms with van der Waals surface area (Å²) in [5, 5.41) is 9.56. The van der Waals surface area contributed by atoms with Crippen LogP contribution in [-0.2, 0) is 14.3 Å². The van der Waals surface area contributed by atoms with Crippen molar-refractivity contribution in [3.05, 3.63) is 12.2 Å². The number of rotatable bonds is 38. The maximum absolute atomic E-state index is 12.1. The zero-order chi connectivity index (χ0) is 32.7. The van der Waals surface area contributed by atoms with E-state index in [9.17, 15) is 9.90 Å². The van der Waals surface area contributed by atoms with Crippen LogP contribution in [-0.4, -0.2) is 37.0 Å². The highest BCUT2D eigenvalue weighted by atomic mass is 16.6. The van der Waals surface area contributed by atoms with Gasteiger partial charge >= 0.3 is 5.97 Å². The molecule has 0 aliphatic heterocycles. The Kier molecular flexibility index (Phi) is 38.5. The lowest BCUT2D eigenvalue weighted by atomic mass is 10.1. The molecular weight excluding hydrogens is 556 g/mol. The lowest BCUT2D eigenvalue weighted by Gasteiger charge is -2.16. The molecule has 0 aliphatic carbocycles. The van der Waals surface area contributed by atoms with Gasteiger partial charge in [0.1, 0.15) is 6.10 Å². The van der Waals surface area contributed by atoms with E-state index in [0.29, 0.717) is 19.6 Å². The fourth-order valence-electron chi connectivity index (χ4n) is 6.03. The first-order valence-electron chi connectivity index (χ1n) is 20.3. The molecule has 0 amide bonds. The minimum atomic E-state index is -0.527. The second kappa shape index (κ2) is 39.3. The number of unbranched alkanes of at least 4 members (excludes halogenated alkanes) is 28. The van der Waals surface area contributed by atoms with Crippen molar-refractivity contribution in [2.45, 2.75) is 225 Å². The lowest BCUT2D eigenvalue weighted by molar-refractivity contribution is -0.154. The quantitative estimate of drug-likeness (QED) is 0.0416. The first-order chi connectivity index (χ1) is 22.2. The Morgan fingerprint density at radius 3 is 1.27 bits per heavy atom. The molecule has 268 valence electrons. The Hall–Kier alpha value is -0.870. The van der Waals surface area contributed by atoms with Gasteiger partial charge in [0.25, 0.3) is 0 Å². The maximum Gasteiger partial charge on any atom is 0.306 e. The van der Waals surface area contributed by atoms with Gasteiger partial charge in [-0.2, -0.15) is 0 Å². The molecule has 0 saturated heterocycles. The van der Waals surface area contributed by atoms with Crippen molar-refractivity contribution < 1.29 is 19.4 Å². The standard InChI is InChI=1S/C41H80O4/c1-3-5-7-9-11-13-15-16-17-18-19-20-21-22-23-24-25-27-29-31-33-35-37-44-39-40(38-42)45-41(43)36-34-32-30-28-26-14-12-10-8-6-4-2/h18-19,40,42H,3-17,20-39H2,1-2H3/b19-18-. The molecule has 0 spiro atoms. The van der Waals surface area contributed by atoms with E-state index in [1.165, 1.54) is 180 Å². The van der Waals surface area contributed by atoms with Crippen molar-refractivity contribution in [1.82, 2.24) is 0 Å². The summed E-state index contributed by atoms with van der Waals surface area (Å²) in [5.74, 6) is -0.199. The van der Waals surface area contributed by atoms with Gasteiger partial charge in [-0.05, 0) is 38.5 Å². The molecule has 1 unspecified atom stereocenters. The van der Waals surface area contributed by atoms with Crippen LogP contribution in [0.4, 0.5) is 0 Å². The first-order valence-corrected chi connectivity index (χ1v) is 20.3. The van der Waals surface area contributed by atoms with Gasteiger partial charge in [-0.25, -0.2) is 0 Å². The third-order valence-corrected chi connectivity index (χ3v) is 9.09. The van der Waals surface area contributed by atoms with Crippen molar-refractivity contribution in [3.8, 4) is 0 Å². The molecule has 0 aliphatic rings. The number of aliphatic hydroxyl groups excluding tert-OH is 1. The van der Waals surface area contributed by atoms with E-state index >= 15 is 0 Å². The third-order valence-electron chi connectivity index (χ3n) is 9.09. The summed E-state index contributed by atoms with van der Waals surface area (Å²) < 4.78 is 11.1. The Bertz CT molecular complexity index is 590. The molecular formula is C41H80O4.